The molecule has 13 heavy (non-hydrogen) atoms. The topological polar surface area (TPSA) is 0 Å². The van der Waals surface area contributed by atoms with Gasteiger partial charge in [0.05, 0.1) is 0 Å². The Kier molecular flexibility index (Phi) is 4.69. The van der Waals surface area contributed by atoms with E-state index in [9.17, 15) is 0 Å². The van der Waals surface area contributed by atoms with Crippen molar-refractivity contribution in [2.45, 2.75) is 31.6 Å². The van der Waals surface area contributed by atoms with Crippen LogP contribution in [0.4, 0.5) is 0 Å². The molecule has 0 saturated heterocycles. The van der Waals surface area contributed by atoms with Crippen LogP contribution in [0.15, 0.2) is 46.2 Å². The van der Waals surface area contributed by atoms with Gasteiger partial charge >= 0.3 is 0 Å². The standard InChI is InChI=1S/C12H16S/c1-3-8-11(4-2)13-12-9-6-5-7-10-12/h4-7,9-10H,3,8H2,1-2H3/b11-4+. The van der Waals surface area contributed by atoms with Crippen molar-refractivity contribution >= 4 is 11.8 Å². The molecule has 0 aliphatic carbocycles. The van der Waals surface area contributed by atoms with Crippen molar-refractivity contribution in [2.24, 2.45) is 0 Å². The third kappa shape index (κ3) is 3.69. The van der Waals surface area contributed by atoms with Crippen molar-refractivity contribution in [3.8, 4) is 0 Å². The maximum Gasteiger partial charge on any atom is 0.0118 e. The van der Waals surface area contributed by atoms with Gasteiger partial charge < -0.3 is 0 Å². The number of allylic oxidation sites excluding steroid dienone is 2. The van der Waals surface area contributed by atoms with Crippen molar-refractivity contribution < 1.29 is 0 Å². The van der Waals surface area contributed by atoms with E-state index in [2.05, 4.69) is 50.3 Å². The Balaban J connectivity index is 2.58. The van der Waals surface area contributed by atoms with Crippen LogP contribution in [0.1, 0.15) is 26.7 Å². The van der Waals surface area contributed by atoms with Crippen LogP contribution in [-0.2, 0) is 0 Å². The summed E-state index contributed by atoms with van der Waals surface area (Å²) in [6.07, 6.45) is 4.62. The Morgan fingerprint density at radius 1 is 1.31 bits per heavy atom. The second-order valence-corrected chi connectivity index (χ2v) is 4.12. The minimum atomic E-state index is 1.19. The highest BCUT2D eigenvalue weighted by molar-refractivity contribution is 8.03. The summed E-state index contributed by atoms with van der Waals surface area (Å²) in [5.74, 6) is 0. The molecule has 0 radical (unpaired) electrons. The molecule has 1 aromatic carbocycles. The van der Waals surface area contributed by atoms with Gasteiger partial charge in [-0.25, -0.2) is 0 Å². The zero-order valence-corrected chi connectivity index (χ0v) is 9.10. The van der Waals surface area contributed by atoms with Gasteiger partial charge in [-0.2, -0.15) is 0 Å². The molecule has 1 rings (SSSR count). The summed E-state index contributed by atoms with van der Waals surface area (Å²) in [4.78, 5) is 2.80. The molecule has 0 heterocycles. The Bertz CT molecular complexity index is 262. The quantitative estimate of drug-likeness (QED) is 0.634. The Labute approximate surface area is 85.1 Å². The number of rotatable bonds is 4. The van der Waals surface area contributed by atoms with Crippen LogP contribution in [0.2, 0.25) is 0 Å². The average Bonchev–Trinajstić information content (AvgIpc) is 2.19. The molecule has 0 saturated carbocycles. The first-order valence-corrected chi connectivity index (χ1v) is 5.56. The normalized spacial score (nSPS) is 11.7. The van der Waals surface area contributed by atoms with Crippen LogP contribution in [0, 0.1) is 0 Å². The van der Waals surface area contributed by atoms with E-state index in [-0.39, 0.29) is 0 Å². The first kappa shape index (κ1) is 10.4. The maximum absolute atomic E-state index is 2.22. The summed E-state index contributed by atoms with van der Waals surface area (Å²) < 4.78 is 0. The van der Waals surface area contributed by atoms with E-state index >= 15 is 0 Å². The lowest BCUT2D eigenvalue weighted by Gasteiger charge is -2.04. The second kappa shape index (κ2) is 5.87. The minimum absolute atomic E-state index is 1.19. The van der Waals surface area contributed by atoms with Crippen LogP contribution in [0.5, 0.6) is 0 Å². The largest absolute Gasteiger partial charge is 0.0949 e. The first-order chi connectivity index (χ1) is 6.36. The highest BCUT2D eigenvalue weighted by atomic mass is 32.2. The fourth-order valence-electron chi connectivity index (χ4n) is 1.14. The predicted molar refractivity (Wildman–Crippen MR) is 61.0 cm³/mol. The molecular weight excluding hydrogens is 176 g/mol. The van der Waals surface area contributed by atoms with Gasteiger partial charge in [-0.15, -0.1) is 0 Å². The lowest BCUT2D eigenvalue weighted by Crippen LogP contribution is -1.76. The molecular formula is C12H16S. The SMILES string of the molecule is C/C=C(\CCC)Sc1ccccc1. The third-order valence-corrected chi connectivity index (χ3v) is 3.02. The summed E-state index contributed by atoms with van der Waals surface area (Å²) in [5, 5.41) is 0. The minimum Gasteiger partial charge on any atom is -0.0949 e. The molecule has 1 heteroatoms. The molecule has 0 fully saturated rings. The molecule has 0 aliphatic rings. The van der Waals surface area contributed by atoms with E-state index in [1.807, 2.05) is 11.8 Å². The van der Waals surface area contributed by atoms with Gasteiger partial charge in [0.15, 0.2) is 0 Å². The number of thioether (sulfide) groups is 1. The zero-order valence-electron chi connectivity index (χ0n) is 8.29. The van der Waals surface area contributed by atoms with Crippen molar-refractivity contribution in [1.82, 2.24) is 0 Å². The monoisotopic (exact) mass is 192 g/mol. The van der Waals surface area contributed by atoms with E-state index in [0.717, 1.165) is 0 Å². The first-order valence-electron chi connectivity index (χ1n) is 4.75. The van der Waals surface area contributed by atoms with E-state index in [1.165, 1.54) is 22.6 Å². The second-order valence-electron chi connectivity index (χ2n) is 2.92. The van der Waals surface area contributed by atoms with Gasteiger partial charge in [0.25, 0.3) is 0 Å². The van der Waals surface area contributed by atoms with Crippen molar-refractivity contribution in [1.29, 1.82) is 0 Å². The van der Waals surface area contributed by atoms with E-state index in [4.69, 9.17) is 0 Å². The lowest BCUT2D eigenvalue weighted by molar-refractivity contribution is 0.945. The summed E-state index contributed by atoms with van der Waals surface area (Å²) >= 11 is 1.87. The lowest BCUT2D eigenvalue weighted by atomic mass is 10.3. The van der Waals surface area contributed by atoms with Gasteiger partial charge in [-0.05, 0) is 30.4 Å². The predicted octanol–water partition coefficient (Wildman–Crippen LogP) is 4.48. The van der Waals surface area contributed by atoms with Crippen LogP contribution in [-0.4, -0.2) is 0 Å². The molecule has 0 bridgehead atoms. The molecule has 0 N–H and O–H groups in total. The Morgan fingerprint density at radius 3 is 2.54 bits per heavy atom. The summed E-state index contributed by atoms with van der Waals surface area (Å²) in [6.45, 7) is 4.33. The van der Waals surface area contributed by atoms with E-state index < -0.39 is 0 Å². The molecule has 0 aromatic heterocycles. The van der Waals surface area contributed by atoms with E-state index in [1.54, 1.807) is 0 Å². The van der Waals surface area contributed by atoms with Crippen LogP contribution >= 0.6 is 11.8 Å². The highest BCUT2D eigenvalue weighted by Gasteiger charge is 1.97. The van der Waals surface area contributed by atoms with Gasteiger partial charge in [-0.1, -0.05) is 49.4 Å². The van der Waals surface area contributed by atoms with Crippen LogP contribution in [0.25, 0.3) is 0 Å². The third-order valence-electron chi connectivity index (χ3n) is 1.81. The summed E-state index contributed by atoms with van der Waals surface area (Å²) in [5.41, 5.74) is 0. The van der Waals surface area contributed by atoms with Gasteiger partial charge in [0.2, 0.25) is 0 Å². The average molecular weight is 192 g/mol. The van der Waals surface area contributed by atoms with E-state index in [0.29, 0.717) is 0 Å². The Morgan fingerprint density at radius 2 is 2.00 bits per heavy atom. The number of hydrogen-bond donors (Lipinski definition) is 0. The van der Waals surface area contributed by atoms with Crippen molar-refractivity contribution in [3.05, 3.63) is 41.3 Å². The highest BCUT2D eigenvalue weighted by Crippen LogP contribution is 2.28. The summed E-state index contributed by atoms with van der Waals surface area (Å²) in [6, 6.07) is 10.5. The molecule has 0 nitrogen and oxygen atoms in total. The molecule has 0 unspecified atom stereocenters. The molecule has 70 valence electrons. The molecule has 1 aromatic rings. The van der Waals surface area contributed by atoms with Gasteiger partial charge in [0.1, 0.15) is 0 Å². The van der Waals surface area contributed by atoms with Gasteiger partial charge in [-0.3, -0.25) is 0 Å². The summed E-state index contributed by atoms with van der Waals surface area (Å²) in [7, 11) is 0. The molecule has 0 amide bonds. The van der Waals surface area contributed by atoms with Crippen LogP contribution in [0.3, 0.4) is 0 Å². The van der Waals surface area contributed by atoms with Crippen molar-refractivity contribution in [3.63, 3.8) is 0 Å². The van der Waals surface area contributed by atoms with Crippen LogP contribution < -0.4 is 0 Å². The zero-order chi connectivity index (χ0) is 9.52. The fourth-order valence-corrected chi connectivity index (χ4v) is 2.16. The fraction of sp³-hybridized carbons (Fsp3) is 0.333. The van der Waals surface area contributed by atoms with Gasteiger partial charge in [0, 0.05) is 4.90 Å². The number of hydrogen-bond acceptors (Lipinski definition) is 1. The molecule has 0 spiro atoms. The number of benzene rings is 1. The Hall–Kier alpha value is -0.690. The molecule has 0 atom stereocenters. The molecule has 0 aliphatic heterocycles. The van der Waals surface area contributed by atoms with Crippen molar-refractivity contribution in [2.75, 3.05) is 0 Å². The smallest absolute Gasteiger partial charge is 0.0118 e. The maximum atomic E-state index is 2.22.